The first-order valence-electron chi connectivity index (χ1n) is 6.75. The summed E-state index contributed by atoms with van der Waals surface area (Å²) < 4.78 is 0. The fourth-order valence-electron chi connectivity index (χ4n) is 3.42. The highest BCUT2D eigenvalue weighted by Gasteiger charge is 2.31. The van der Waals surface area contributed by atoms with Crippen LogP contribution in [0.4, 0.5) is 0 Å². The molecule has 1 heterocycles. The Morgan fingerprint density at radius 3 is 2.40 bits per heavy atom. The second kappa shape index (κ2) is 5.31. The zero-order chi connectivity index (χ0) is 10.7. The molecule has 2 rings (SSSR count). The van der Waals surface area contributed by atoms with E-state index in [4.69, 9.17) is 5.73 Å². The Hall–Kier alpha value is -0.0800. The number of rotatable bonds is 2. The number of likely N-dealkylation sites (N-methyl/N-ethyl adjacent to an activating group) is 1. The molecule has 2 nitrogen and oxygen atoms in total. The van der Waals surface area contributed by atoms with E-state index < -0.39 is 0 Å². The number of nitrogens with two attached hydrogens (primary N) is 1. The third-order valence-electron chi connectivity index (χ3n) is 4.47. The van der Waals surface area contributed by atoms with Crippen molar-refractivity contribution in [2.24, 2.45) is 11.7 Å². The van der Waals surface area contributed by atoms with Gasteiger partial charge in [0.05, 0.1) is 0 Å². The number of likely N-dealkylation sites (tertiary alicyclic amines) is 1. The Balaban J connectivity index is 1.93. The molecule has 2 unspecified atom stereocenters. The average molecular weight is 210 g/mol. The van der Waals surface area contributed by atoms with Gasteiger partial charge in [0.2, 0.25) is 0 Å². The van der Waals surface area contributed by atoms with Crippen LogP contribution in [0.15, 0.2) is 0 Å². The Bertz CT molecular complexity index is 187. The lowest BCUT2D eigenvalue weighted by Gasteiger charge is -2.34. The topological polar surface area (TPSA) is 29.3 Å². The second-order valence-corrected chi connectivity index (χ2v) is 5.52. The van der Waals surface area contributed by atoms with E-state index in [9.17, 15) is 0 Å². The van der Waals surface area contributed by atoms with Gasteiger partial charge < -0.3 is 10.6 Å². The van der Waals surface area contributed by atoms with Gasteiger partial charge in [0.1, 0.15) is 0 Å². The first-order valence-corrected chi connectivity index (χ1v) is 6.75. The van der Waals surface area contributed by atoms with Crippen LogP contribution in [-0.4, -0.2) is 30.6 Å². The zero-order valence-electron chi connectivity index (χ0n) is 10.1. The lowest BCUT2D eigenvalue weighted by Crippen LogP contribution is -2.49. The van der Waals surface area contributed by atoms with Crippen molar-refractivity contribution in [3.05, 3.63) is 0 Å². The molecule has 1 aliphatic carbocycles. The predicted molar refractivity (Wildman–Crippen MR) is 64.8 cm³/mol. The van der Waals surface area contributed by atoms with Gasteiger partial charge in [0.15, 0.2) is 0 Å². The Kier molecular flexibility index (Phi) is 4.04. The van der Waals surface area contributed by atoms with Crippen LogP contribution in [0.5, 0.6) is 0 Å². The normalized spacial score (nSPS) is 32.8. The molecule has 0 spiro atoms. The highest BCUT2D eigenvalue weighted by Crippen LogP contribution is 2.31. The van der Waals surface area contributed by atoms with Crippen LogP contribution in [0, 0.1) is 5.92 Å². The van der Waals surface area contributed by atoms with Gasteiger partial charge in [-0.05, 0) is 45.2 Å². The van der Waals surface area contributed by atoms with Gasteiger partial charge in [-0.15, -0.1) is 0 Å². The summed E-state index contributed by atoms with van der Waals surface area (Å²) in [6, 6.07) is 1.10. The van der Waals surface area contributed by atoms with Crippen LogP contribution in [0.25, 0.3) is 0 Å². The molecule has 1 aliphatic heterocycles. The molecule has 15 heavy (non-hydrogen) atoms. The smallest absolute Gasteiger partial charge is 0.0246 e. The monoisotopic (exact) mass is 210 g/mol. The van der Waals surface area contributed by atoms with Crippen LogP contribution in [0.3, 0.4) is 0 Å². The molecule has 0 radical (unpaired) electrons. The molecular formula is C13H26N2. The lowest BCUT2D eigenvalue weighted by atomic mass is 9.89. The maximum absolute atomic E-state index is 6.47. The molecule has 1 saturated carbocycles. The molecule has 0 aromatic rings. The summed E-state index contributed by atoms with van der Waals surface area (Å²) in [4.78, 5) is 2.52. The first-order chi connectivity index (χ1) is 7.29. The third kappa shape index (κ3) is 2.73. The molecule has 2 N–H and O–H groups in total. The first kappa shape index (κ1) is 11.4. The van der Waals surface area contributed by atoms with E-state index in [1.54, 1.807) is 0 Å². The average Bonchev–Trinajstić information content (AvgIpc) is 2.68. The maximum atomic E-state index is 6.47. The van der Waals surface area contributed by atoms with Crippen molar-refractivity contribution in [1.29, 1.82) is 0 Å². The molecule has 2 aliphatic rings. The summed E-state index contributed by atoms with van der Waals surface area (Å²) in [5, 5.41) is 0. The molecule has 1 saturated heterocycles. The van der Waals surface area contributed by atoms with Gasteiger partial charge in [-0.25, -0.2) is 0 Å². The Morgan fingerprint density at radius 1 is 1.00 bits per heavy atom. The van der Waals surface area contributed by atoms with Gasteiger partial charge in [0, 0.05) is 12.1 Å². The van der Waals surface area contributed by atoms with Gasteiger partial charge in [-0.3, -0.25) is 0 Å². The molecule has 88 valence electrons. The largest absolute Gasteiger partial charge is 0.326 e. The van der Waals surface area contributed by atoms with Gasteiger partial charge in [0.25, 0.3) is 0 Å². The SMILES string of the molecule is CN1CCCCCC1C(N)C1CCCC1. The number of nitrogens with zero attached hydrogens (tertiary/aromatic N) is 1. The van der Waals surface area contributed by atoms with Crippen molar-refractivity contribution < 1.29 is 0 Å². The third-order valence-corrected chi connectivity index (χ3v) is 4.47. The van der Waals surface area contributed by atoms with E-state index >= 15 is 0 Å². The second-order valence-electron chi connectivity index (χ2n) is 5.52. The minimum absolute atomic E-state index is 0.440. The van der Waals surface area contributed by atoms with Crippen molar-refractivity contribution >= 4 is 0 Å². The van der Waals surface area contributed by atoms with Crippen LogP contribution in [0.1, 0.15) is 51.4 Å². The van der Waals surface area contributed by atoms with E-state index in [1.807, 2.05) is 0 Å². The van der Waals surface area contributed by atoms with Crippen molar-refractivity contribution in [3.8, 4) is 0 Å². The standard InChI is InChI=1S/C13H26N2/c1-15-10-6-2-3-9-12(15)13(14)11-7-4-5-8-11/h11-13H,2-10,14H2,1H3. The Labute approximate surface area is 94.2 Å². The predicted octanol–water partition coefficient (Wildman–Crippen LogP) is 2.38. The van der Waals surface area contributed by atoms with E-state index in [0.29, 0.717) is 12.1 Å². The summed E-state index contributed by atoms with van der Waals surface area (Å²) in [6.07, 6.45) is 11.1. The van der Waals surface area contributed by atoms with Crippen LogP contribution < -0.4 is 5.73 Å². The fourth-order valence-corrected chi connectivity index (χ4v) is 3.42. The van der Waals surface area contributed by atoms with Crippen LogP contribution in [-0.2, 0) is 0 Å². The summed E-state index contributed by atoms with van der Waals surface area (Å²) in [7, 11) is 2.27. The quantitative estimate of drug-likeness (QED) is 0.758. The van der Waals surface area contributed by atoms with Crippen molar-refractivity contribution in [2.75, 3.05) is 13.6 Å². The zero-order valence-corrected chi connectivity index (χ0v) is 10.1. The van der Waals surface area contributed by atoms with E-state index in [1.165, 1.54) is 57.9 Å². The van der Waals surface area contributed by atoms with Crippen LogP contribution in [0.2, 0.25) is 0 Å². The van der Waals surface area contributed by atoms with Crippen LogP contribution >= 0.6 is 0 Å². The van der Waals surface area contributed by atoms with Gasteiger partial charge >= 0.3 is 0 Å². The van der Waals surface area contributed by atoms with Crippen molar-refractivity contribution in [1.82, 2.24) is 4.90 Å². The number of hydrogen-bond acceptors (Lipinski definition) is 2. The lowest BCUT2D eigenvalue weighted by molar-refractivity contribution is 0.180. The summed E-state index contributed by atoms with van der Waals surface area (Å²) in [5.41, 5.74) is 6.47. The maximum Gasteiger partial charge on any atom is 0.0246 e. The summed E-state index contributed by atoms with van der Waals surface area (Å²) in [6.45, 7) is 1.26. The minimum atomic E-state index is 0.440. The summed E-state index contributed by atoms with van der Waals surface area (Å²) in [5.74, 6) is 0.815. The summed E-state index contributed by atoms with van der Waals surface area (Å²) >= 11 is 0. The Morgan fingerprint density at radius 2 is 1.67 bits per heavy atom. The molecule has 2 heteroatoms. The van der Waals surface area contributed by atoms with E-state index in [0.717, 1.165) is 5.92 Å². The highest BCUT2D eigenvalue weighted by molar-refractivity contribution is 4.89. The molecule has 0 amide bonds. The molecular weight excluding hydrogens is 184 g/mol. The molecule has 0 aromatic heterocycles. The van der Waals surface area contributed by atoms with Gasteiger partial charge in [-0.2, -0.15) is 0 Å². The molecule has 0 aromatic carbocycles. The molecule has 2 atom stereocenters. The van der Waals surface area contributed by atoms with Crippen molar-refractivity contribution in [3.63, 3.8) is 0 Å². The fraction of sp³-hybridized carbons (Fsp3) is 1.00. The van der Waals surface area contributed by atoms with E-state index in [-0.39, 0.29) is 0 Å². The number of hydrogen-bond donors (Lipinski definition) is 1. The highest BCUT2D eigenvalue weighted by atomic mass is 15.1. The van der Waals surface area contributed by atoms with Crippen molar-refractivity contribution in [2.45, 2.75) is 63.5 Å². The van der Waals surface area contributed by atoms with E-state index in [2.05, 4.69) is 11.9 Å². The molecule has 2 fully saturated rings. The molecule has 0 bridgehead atoms. The minimum Gasteiger partial charge on any atom is -0.326 e. The van der Waals surface area contributed by atoms with Gasteiger partial charge in [-0.1, -0.05) is 25.7 Å².